The van der Waals surface area contributed by atoms with Gasteiger partial charge in [-0.15, -0.1) is 0 Å². The first-order valence-electron chi connectivity index (χ1n) is 6.88. The molecule has 1 amide bonds. The van der Waals surface area contributed by atoms with Gasteiger partial charge in [0, 0.05) is 18.8 Å². The van der Waals surface area contributed by atoms with Crippen LogP contribution >= 0.6 is 11.3 Å². The van der Waals surface area contributed by atoms with Gasteiger partial charge in [0.1, 0.15) is 11.9 Å². The summed E-state index contributed by atoms with van der Waals surface area (Å²) in [5.41, 5.74) is 1.13. The standard InChI is InChI=1S/C15H16N2O4S/c1-20-12-6-14(18)16-7-11(12)15(19)17-3-4-21-13(8-17)10-2-5-22-9-10/h2,5-7,9,13H,3-4,8H2,1H3,(H,16,18). The van der Waals surface area contributed by atoms with Gasteiger partial charge in [0.25, 0.3) is 11.5 Å². The SMILES string of the molecule is COc1cc(=O)[nH]cc1C(=O)N1CCOC(c2ccsc2)C1. The van der Waals surface area contributed by atoms with Gasteiger partial charge in [0.05, 0.1) is 25.8 Å². The maximum atomic E-state index is 12.7. The summed E-state index contributed by atoms with van der Waals surface area (Å²) in [6.45, 7) is 1.48. The van der Waals surface area contributed by atoms with E-state index in [1.54, 1.807) is 16.2 Å². The van der Waals surface area contributed by atoms with Crippen molar-refractivity contribution in [3.05, 3.63) is 50.6 Å². The number of rotatable bonds is 3. The Balaban J connectivity index is 1.81. The zero-order valence-electron chi connectivity index (χ0n) is 12.1. The van der Waals surface area contributed by atoms with Gasteiger partial charge in [-0.2, -0.15) is 11.3 Å². The molecule has 7 heteroatoms. The molecule has 0 saturated carbocycles. The molecule has 1 unspecified atom stereocenters. The van der Waals surface area contributed by atoms with Crippen LogP contribution < -0.4 is 10.3 Å². The number of carbonyl (C=O) groups is 1. The maximum Gasteiger partial charge on any atom is 0.259 e. The summed E-state index contributed by atoms with van der Waals surface area (Å²) in [6, 6.07) is 3.29. The number of thiophene rings is 1. The van der Waals surface area contributed by atoms with Crippen LogP contribution in [0.1, 0.15) is 22.0 Å². The second-order valence-corrected chi connectivity index (χ2v) is 5.73. The Hall–Kier alpha value is -2.12. The Morgan fingerprint density at radius 3 is 3.14 bits per heavy atom. The molecule has 0 bridgehead atoms. The van der Waals surface area contributed by atoms with Gasteiger partial charge < -0.3 is 19.4 Å². The lowest BCUT2D eigenvalue weighted by Crippen LogP contribution is -2.42. The van der Waals surface area contributed by atoms with Crippen LogP contribution in [0.25, 0.3) is 0 Å². The maximum absolute atomic E-state index is 12.7. The van der Waals surface area contributed by atoms with Crippen molar-refractivity contribution < 1.29 is 14.3 Å². The molecule has 1 aliphatic heterocycles. The summed E-state index contributed by atoms with van der Waals surface area (Å²) in [4.78, 5) is 28.3. The number of pyridine rings is 1. The lowest BCUT2D eigenvalue weighted by Gasteiger charge is -2.33. The molecule has 1 atom stereocenters. The van der Waals surface area contributed by atoms with Crippen molar-refractivity contribution in [3.8, 4) is 5.75 Å². The molecule has 1 saturated heterocycles. The molecule has 116 valence electrons. The van der Waals surface area contributed by atoms with E-state index >= 15 is 0 Å². The van der Waals surface area contributed by atoms with Crippen LogP contribution in [0.15, 0.2) is 33.9 Å². The van der Waals surface area contributed by atoms with Gasteiger partial charge in [0.15, 0.2) is 0 Å². The Morgan fingerprint density at radius 1 is 1.55 bits per heavy atom. The molecular formula is C15H16N2O4S. The topological polar surface area (TPSA) is 71.6 Å². The Labute approximate surface area is 131 Å². The van der Waals surface area contributed by atoms with E-state index < -0.39 is 0 Å². The van der Waals surface area contributed by atoms with Crippen molar-refractivity contribution >= 4 is 17.2 Å². The van der Waals surface area contributed by atoms with Gasteiger partial charge in [-0.3, -0.25) is 9.59 Å². The van der Waals surface area contributed by atoms with E-state index in [1.165, 1.54) is 19.4 Å². The number of aromatic nitrogens is 1. The van der Waals surface area contributed by atoms with Gasteiger partial charge in [-0.1, -0.05) is 0 Å². The van der Waals surface area contributed by atoms with E-state index in [4.69, 9.17) is 9.47 Å². The van der Waals surface area contributed by atoms with Crippen molar-refractivity contribution in [1.82, 2.24) is 9.88 Å². The predicted molar refractivity (Wildman–Crippen MR) is 82.5 cm³/mol. The molecule has 0 radical (unpaired) electrons. The molecule has 1 fully saturated rings. The second kappa shape index (κ2) is 6.33. The summed E-state index contributed by atoms with van der Waals surface area (Å²) >= 11 is 1.60. The number of nitrogens with one attached hydrogen (secondary N) is 1. The molecule has 0 aliphatic carbocycles. The molecule has 2 aromatic rings. The van der Waals surface area contributed by atoms with Gasteiger partial charge in [-0.25, -0.2) is 0 Å². The van der Waals surface area contributed by atoms with Crippen LogP contribution in [0.5, 0.6) is 5.75 Å². The number of hydrogen-bond donors (Lipinski definition) is 1. The average Bonchev–Trinajstić information content (AvgIpc) is 3.08. The highest BCUT2D eigenvalue weighted by Crippen LogP contribution is 2.26. The Morgan fingerprint density at radius 2 is 2.41 bits per heavy atom. The fraction of sp³-hybridized carbons (Fsp3) is 0.333. The normalized spacial score (nSPS) is 18.2. The summed E-state index contributed by atoms with van der Waals surface area (Å²) in [6.07, 6.45) is 1.29. The van der Waals surface area contributed by atoms with Crippen molar-refractivity contribution in [2.24, 2.45) is 0 Å². The van der Waals surface area contributed by atoms with Crippen molar-refractivity contribution in [2.45, 2.75) is 6.10 Å². The number of methoxy groups -OCH3 is 1. The van der Waals surface area contributed by atoms with Crippen LogP contribution in [-0.4, -0.2) is 42.6 Å². The minimum Gasteiger partial charge on any atom is -0.496 e. The third kappa shape index (κ3) is 2.90. The first-order chi connectivity index (χ1) is 10.7. The van der Waals surface area contributed by atoms with E-state index in [-0.39, 0.29) is 23.3 Å². The van der Waals surface area contributed by atoms with Crippen LogP contribution in [0.4, 0.5) is 0 Å². The fourth-order valence-electron chi connectivity index (χ4n) is 2.45. The van der Waals surface area contributed by atoms with Crippen LogP contribution in [-0.2, 0) is 4.74 Å². The molecule has 3 heterocycles. The molecular weight excluding hydrogens is 304 g/mol. The molecule has 3 rings (SSSR count). The van der Waals surface area contributed by atoms with E-state index in [0.717, 1.165) is 5.56 Å². The number of ether oxygens (including phenoxy) is 2. The smallest absolute Gasteiger partial charge is 0.259 e. The van der Waals surface area contributed by atoms with Crippen molar-refractivity contribution in [1.29, 1.82) is 0 Å². The first-order valence-corrected chi connectivity index (χ1v) is 7.83. The third-order valence-corrected chi connectivity index (χ3v) is 4.31. The largest absolute Gasteiger partial charge is 0.496 e. The number of nitrogens with zero attached hydrogens (tertiary/aromatic N) is 1. The highest BCUT2D eigenvalue weighted by atomic mass is 32.1. The third-order valence-electron chi connectivity index (χ3n) is 3.61. The van der Waals surface area contributed by atoms with Crippen LogP contribution in [0.2, 0.25) is 0 Å². The molecule has 1 aliphatic rings. The zero-order chi connectivity index (χ0) is 15.5. The second-order valence-electron chi connectivity index (χ2n) is 4.95. The lowest BCUT2D eigenvalue weighted by molar-refractivity contribution is -0.0227. The number of H-pyrrole nitrogens is 1. The fourth-order valence-corrected chi connectivity index (χ4v) is 3.15. The lowest BCUT2D eigenvalue weighted by atomic mass is 10.1. The summed E-state index contributed by atoms with van der Waals surface area (Å²) in [7, 11) is 1.44. The highest BCUT2D eigenvalue weighted by Gasteiger charge is 2.28. The molecule has 2 aromatic heterocycles. The zero-order valence-corrected chi connectivity index (χ0v) is 12.9. The molecule has 0 spiro atoms. The van der Waals surface area contributed by atoms with Crippen LogP contribution in [0, 0.1) is 0 Å². The van der Waals surface area contributed by atoms with E-state index in [9.17, 15) is 9.59 Å². The van der Waals surface area contributed by atoms with Gasteiger partial charge in [0.2, 0.25) is 0 Å². The highest BCUT2D eigenvalue weighted by molar-refractivity contribution is 7.07. The van der Waals surface area contributed by atoms with Crippen LogP contribution in [0.3, 0.4) is 0 Å². The Bertz CT molecular complexity index is 711. The average molecular weight is 320 g/mol. The predicted octanol–water partition coefficient (Wildman–Crippen LogP) is 1.66. The number of amides is 1. The summed E-state index contributed by atoms with van der Waals surface area (Å²) in [5, 5.41) is 4.02. The van der Waals surface area contributed by atoms with Gasteiger partial charge in [-0.05, 0) is 22.4 Å². The Kier molecular flexibility index (Phi) is 4.26. The number of aromatic amines is 1. The minimum absolute atomic E-state index is 0.113. The first kappa shape index (κ1) is 14.8. The monoisotopic (exact) mass is 320 g/mol. The summed E-state index contributed by atoms with van der Waals surface area (Å²) < 4.78 is 10.9. The van der Waals surface area contributed by atoms with Crippen molar-refractivity contribution in [3.63, 3.8) is 0 Å². The minimum atomic E-state index is -0.300. The van der Waals surface area contributed by atoms with E-state index in [1.807, 2.05) is 16.8 Å². The number of hydrogen-bond acceptors (Lipinski definition) is 5. The van der Waals surface area contributed by atoms with E-state index in [0.29, 0.717) is 25.3 Å². The van der Waals surface area contributed by atoms with Gasteiger partial charge >= 0.3 is 0 Å². The summed E-state index contributed by atoms with van der Waals surface area (Å²) in [5.74, 6) is 0.115. The number of carbonyl (C=O) groups excluding carboxylic acids is 1. The molecule has 0 aromatic carbocycles. The molecule has 22 heavy (non-hydrogen) atoms. The van der Waals surface area contributed by atoms with Crippen molar-refractivity contribution in [2.75, 3.05) is 26.8 Å². The number of morpholine rings is 1. The quantitative estimate of drug-likeness (QED) is 0.933. The van der Waals surface area contributed by atoms with E-state index in [2.05, 4.69) is 4.98 Å². The molecule has 6 nitrogen and oxygen atoms in total. The molecule has 1 N–H and O–H groups in total.